The Hall–Kier alpha value is -2.62. The molecule has 0 unspecified atom stereocenters. The fourth-order valence-electron chi connectivity index (χ4n) is 2.50. The molecule has 0 fully saturated rings. The first kappa shape index (κ1) is 15.3. The van der Waals surface area contributed by atoms with Gasteiger partial charge in [0.1, 0.15) is 5.82 Å². The molecule has 1 amide bonds. The van der Waals surface area contributed by atoms with Crippen LogP contribution < -0.4 is 5.32 Å². The normalized spacial score (nSPS) is 11.1. The van der Waals surface area contributed by atoms with Gasteiger partial charge in [0.25, 0.3) is 0 Å². The molecule has 2 aromatic carbocycles. The van der Waals surface area contributed by atoms with Gasteiger partial charge in [0.05, 0.1) is 17.5 Å². The van der Waals surface area contributed by atoms with Gasteiger partial charge in [0.2, 0.25) is 5.91 Å². The maximum Gasteiger partial charge on any atom is 0.224 e. The van der Waals surface area contributed by atoms with Gasteiger partial charge in [-0.3, -0.25) is 4.79 Å². The first-order chi connectivity index (χ1) is 11.1. The third kappa shape index (κ3) is 3.77. The number of carbonyl (C=O) groups is 1. The number of amides is 1. The smallest absolute Gasteiger partial charge is 0.224 e. The van der Waals surface area contributed by atoms with Crippen molar-refractivity contribution in [3.8, 4) is 0 Å². The van der Waals surface area contributed by atoms with Crippen LogP contribution in [0.4, 0.5) is 0 Å². The summed E-state index contributed by atoms with van der Waals surface area (Å²) in [6.07, 6.45) is 0.374. The average Bonchev–Trinajstić information content (AvgIpc) is 2.97. The minimum Gasteiger partial charge on any atom is -0.352 e. The molecule has 3 aromatic rings. The number of fused-ring (bicyclic) bond motifs is 1. The summed E-state index contributed by atoms with van der Waals surface area (Å²) in [5, 5.41) is 2.95. The molecule has 118 valence electrons. The predicted octanol–water partition coefficient (Wildman–Crippen LogP) is 3.55. The lowest BCUT2D eigenvalue weighted by atomic mass is 10.1. The van der Waals surface area contributed by atoms with Gasteiger partial charge in [-0.25, -0.2) is 4.98 Å². The zero-order chi connectivity index (χ0) is 16.2. The summed E-state index contributed by atoms with van der Waals surface area (Å²) in [4.78, 5) is 20.0. The number of H-pyrrole nitrogens is 1. The number of aromatic amines is 1. The molecule has 3 rings (SSSR count). The molecule has 0 saturated carbocycles. The van der Waals surface area contributed by atoms with Gasteiger partial charge in [0.15, 0.2) is 0 Å². The minimum atomic E-state index is 0.0248. The number of aromatic nitrogens is 2. The highest BCUT2D eigenvalue weighted by Crippen LogP contribution is 2.18. The largest absolute Gasteiger partial charge is 0.352 e. The van der Waals surface area contributed by atoms with Crippen LogP contribution in [0, 0.1) is 0 Å². The summed E-state index contributed by atoms with van der Waals surface area (Å²) >= 11 is 0. The average molecular weight is 307 g/mol. The molecule has 1 heterocycles. The van der Waals surface area contributed by atoms with Crippen molar-refractivity contribution in [2.24, 2.45) is 0 Å². The number of hydrogen-bond donors (Lipinski definition) is 2. The predicted molar refractivity (Wildman–Crippen MR) is 92.2 cm³/mol. The first-order valence-electron chi connectivity index (χ1n) is 7.91. The van der Waals surface area contributed by atoms with Gasteiger partial charge in [-0.15, -0.1) is 0 Å². The van der Waals surface area contributed by atoms with E-state index in [1.807, 2.05) is 48.5 Å². The Morgan fingerprint density at radius 2 is 1.91 bits per heavy atom. The van der Waals surface area contributed by atoms with E-state index in [4.69, 9.17) is 0 Å². The second kappa shape index (κ2) is 6.65. The van der Waals surface area contributed by atoms with E-state index in [9.17, 15) is 4.79 Å². The molecule has 0 saturated heterocycles. The van der Waals surface area contributed by atoms with E-state index >= 15 is 0 Å². The number of nitrogens with one attached hydrogen (secondary N) is 2. The lowest BCUT2D eigenvalue weighted by Crippen LogP contribution is -2.24. The van der Waals surface area contributed by atoms with Gasteiger partial charge in [-0.1, -0.05) is 50.2 Å². The van der Waals surface area contributed by atoms with Crippen molar-refractivity contribution in [1.82, 2.24) is 15.3 Å². The van der Waals surface area contributed by atoms with Crippen molar-refractivity contribution in [3.05, 3.63) is 65.5 Å². The lowest BCUT2D eigenvalue weighted by Gasteiger charge is -2.05. The van der Waals surface area contributed by atoms with Crippen molar-refractivity contribution in [2.75, 3.05) is 0 Å². The van der Waals surface area contributed by atoms with Crippen LogP contribution in [-0.4, -0.2) is 15.9 Å². The van der Waals surface area contributed by atoms with Crippen molar-refractivity contribution in [1.29, 1.82) is 0 Å². The molecular formula is C19H21N3O. The van der Waals surface area contributed by atoms with Crippen LogP contribution in [0.3, 0.4) is 0 Å². The number of benzene rings is 2. The van der Waals surface area contributed by atoms with E-state index in [2.05, 4.69) is 29.1 Å². The topological polar surface area (TPSA) is 57.8 Å². The number of nitrogens with zero attached hydrogens (tertiary/aromatic N) is 1. The maximum atomic E-state index is 12.1. The molecule has 0 radical (unpaired) electrons. The maximum absolute atomic E-state index is 12.1. The third-order valence-electron chi connectivity index (χ3n) is 3.81. The molecule has 0 atom stereocenters. The van der Waals surface area contributed by atoms with Crippen molar-refractivity contribution >= 4 is 16.9 Å². The first-order valence-corrected chi connectivity index (χ1v) is 7.91. The lowest BCUT2D eigenvalue weighted by molar-refractivity contribution is -0.120. The highest BCUT2D eigenvalue weighted by molar-refractivity contribution is 5.81. The van der Waals surface area contributed by atoms with Gasteiger partial charge in [-0.05, 0) is 23.3 Å². The highest BCUT2D eigenvalue weighted by atomic mass is 16.1. The summed E-state index contributed by atoms with van der Waals surface area (Å²) in [6.45, 7) is 4.77. The van der Waals surface area contributed by atoms with Crippen LogP contribution in [-0.2, 0) is 17.8 Å². The molecule has 23 heavy (non-hydrogen) atoms. The van der Waals surface area contributed by atoms with Crippen molar-refractivity contribution in [3.63, 3.8) is 0 Å². The Bertz CT molecular complexity index is 806. The Balaban J connectivity index is 1.65. The minimum absolute atomic E-state index is 0.0248. The summed E-state index contributed by atoms with van der Waals surface area (Å²) in [6, 6.07) is 15.9. The Kier molecular flexibility index (Phi) is 4.42. The molecule has 0 aliphatic rings. The molecule has 0 aliphatic heterocycles. The van der Waals surface area contributed by atoms with E-state index in [1.165, 1.54) is 0 Å². The van der Waals surface area contributed by atoms with Gasteiger partial charge < -0.3 is 10.3 Å². The van der Waals surface area contributed by atoms with E-state index in [0.29, 0.717) is 18.9 Å². The fraction of sp³-hybridized carbons (Fsp3) is 0.263. The molecule has 2 N–H and O–H groups in total. The van der Waals surface area contributed by atoms with Gasteiger partial charge >= 0.3 is 0 Å². The van der Waals surface area contributed by atoms with Gasteiger partial charge in [-0.2, -0.15) is 0 Å². The Morgan fingerprint density at radius 3 is 2.65 bits per heavy atom. The van der Waals surface area contributed by atoms with Crippen molar-refractivity contribution in [2.45, 2.75) is 32.7 Å². The van der Waals surface area contributed by atoms with E-state index in [1.54, 1.807) is 0 Å². The summed E-state index contributed by atoms with van der Waals surface area (Å²) in [5.74, 6) is 1.36. The van der Waals surface area contributed by atoms with Gasteiger partial charge in [0, 0.05) is 12.5 Å². The SMILES string of the molecule is CC(C)c1nc2ccc(CC(=O)NCc3ccccc3)cc2[nH]1. The molecule has 4 nitrogen and oxygen atoms in total. The highest BCUT2D eigenvalue weighted by Gasteiger charge is 2.09. The standard InChI is InChI=1S/C19H21N3O/c1-13(2)19-21-16-9-8-15(10-17(16)22-19)11-18(23)20-12-14-6-4-3-5-7-14/h3-10,13H,11-12H2,1-2H3,(H,20,23)(H,21,22). The van der Waals surface area contributed by atoms with Crippen LogP contribution in [0.1, 0.15) is 36.7 Å². The molecule has 1 aromatic heterocycles. The molecule has 0 spiro atoms. The zero-order valence-corrected chi connectivity index (χ0v) is 13.5. The van der Waals surface area contributed by atoms with E-state index in [0.717, 1.165) is 28.0 Å². The Labute approximate surface area is 136 Å². The monoisotopic (exact) mass is 307 g/mol. The number of rotatable bonds is 5. The second-order valence-electron chi connectivity index (χ2n) is 6.07. The molecular weight excluding hydrogens is 286 g/mol. The molecule has 4 heteroatoms. The van der Waals surface area contributed by atoms with Crippen LogP contribution >= 0.6 is 0 Å². The zero-order valence-electron chi connectivity index (χ0n) is 13.5. The van der Waals surface area contributed by atoms with E-state index < -0.39 is 0 Å². The number of carbonyl (C=O) groups excluding carboxylic acids is 1. The quantitative estimate of drug-likeness (QED) is 0.757. The second-order valence-corrected chi connectivity index (χ2v) is 6.07. The van der Waals surface area contributed by atoms with Crippen LogP contribution in [0.5, 0.6) is 0 Å². The summed E-state index contributed by atoms with van der Waals surface area (Å²) in [7, 11) is 0. The molecule has 0 aliphatic carbocycles. The number of imidazole rings is 1. The fourth-order valence-corrected chi connectivity index (χ4v) is 2.50. The van der Waals surface area contributed by atoms with Crippen LogP contribution in [0.15, 0.2) is 48.5 Å². The summed E-state index contributed by atoms with van der Waals surface area (Å²) < 4.78 is 0. The third-order valence-corrected chi connectivity index (χ3v) is 3.81. The van der Waals surface area contributed by atoms with Crippen LogP contribution in [0.25, 0.3) is 11.0 Å². The van der Waals surface area contributed by atoms with Crippen LogP contribution in [0.2, 0.25) is 0 Å². The van der Waals surface area contributed by atoms with Crippen molar-refractivity contribution < 1.29 is 4.79 Å². The summed E-state index contributed by atoms with van der Waals surface area (Å²) in [5.41, 5.74) is 4.03. The Morgan fingerprint density at radius 1 is 1.13 bits per heavy atom. The molecule has 0 bridgehead atoms. The van der Waals surface area contributed by atoms with E-state index in [-0.39, 0.29) is 5.91 Å². The number of hydrogen-bond acceptors (Lipinski definition) is 2.